The van der Waals surface area contributed by atoms with Crippen molar-refractivity contribution >= 4 is 54.2 Å². The van der Waals surface area contributed by atoms with Crippen LogP contribution in [0.5, 0.6) is 0 Å². The summed E-state index contributed by atoms with van der Waals surface area (Å²) in [6.07, 6.45) is 47.0. The Bertz CT molecular complexity index is 2290. The summed E-state index contributed by atoms with van der Waals surface area (Å²) in [5, 5.41) is 1.01. The Hall–Kier alpha value is -2.22. The van der Waals surface area contributed by atoms with Crippen molar-refractivity contribution in [2.24, 2.45) is 17.8 Å². The average molecular weight is 1230 g/mol. The first-order valence-electron chi connectivity index (χ1n) is 32.9. The second kappa shape index (κ2) is 39.6. The molecule has 83 heavy (non-hydrogen) atoms. The molecule has 0 fully saturated rings. The van der Waals surface area contributed by atoms with Crippen molar-refractivity contribution in [1.82, 2.24) is 4.90 Å². The van der Waals surface area contributed by atoms with Gasteiger partial charge in [-0.2, -0.15) is 25.3 Å². The lowest BCUT2D eigenvalue weighted by Crippen LogP contribution is -2.69. The van der Waals surface area contributed by atoms with Crippen molar-refractivity contribution in [2.75, 3.05) is 0 Å². The third-order valence-corrected chi connectivity index (χ3v) is 23.4. The minimum absolute atomic E-state index is 0.157. The number of benzene rings is 3. The molecular formula is C69H120NO9PS3. The van der Waals surface area contributed by atoms with Crippen molar-refractivity contribution in [3.05, 3.63) is 72.8 Å². The number of hydrogen-bond acceptors (Lipinski definition) is 7. The van der Waals surface area contributed by atoms with Crippen molar-refractivity contribution in [3.8, 4) is 0 Å². The molecule has 0 saturated carbocycles. The molecule has 3 aromatic rings. The Morgan fingerprint density at radius 1 is 0.349 bits per heavy atom. The predicted molar refractivity (Wildman–Crippen MR) is 356 cm³/mol. The van der Waals surface area contributed by atoms with Gasteiger partial charge < -0.3 is 0 Å². The largest absolute Gasteiger partial charge is 0.294 e. The van der Waals surface area contributed by atoms with Gasteiger partial charge in [-0.05, 0) is 139 Å². The summed E-state index contributed by atoms with van der Waals surface area (Å²) in [7, 11) is -15.4. The van der Waals surface area contributed by atoms with Crippen molar-refractivity contribution in [2.45, 2.75) is 326 Å². The summed E-state index contributed by atoms with van der Waals surface area (Å²) in [6, 6.07) is 15.7. The monoisotopic (exact) mass is 1230 g/mol. The van der Waals surface area contributed by atoms with Gasteiger partial charge in [-0.15, -0.1) is 0 Å². The van der Waals surface area contributed by atoms with E-state index in [9.17, 15) is 38.9 Å². The molecule has 0 radical (unpaired) electrons. The number of nitrogens with zero attached hydrogens (tertiary/aromatic N) is 1. The van der Waals surface area contributed by atoms with E-state index in [1.807, 2.05) is 0 Å². The van der Waals surface area contributed by atoms with Crippen LogP contribution in [0.15, 0.2) is 87.5 Å². The maximum Gasteiger partial charge on any atom is 0.294 e. The SMILES string of the molecule is CCCCCCCCCCCCC(C)C(C)(C)N(C(C)(C)C(C)CCCCCCCCCCCC)C(C)(C)C(C)CCCCCCCCCCCC.O=S(=O)(O)c1cccc(P(c2cccc(S(=O)(=O)O)c2)c2cccc(S(=O)(=O)O)c2)c1. The lowest BCUT2D eigenvalue weighted by Gasteiger charge is -2.62. The fourth-order valence-corrected chi connectivity index (χ4v) is 16.8. The maximum atomic E-state index is 11.6. The van der Waals surface area contributed by atoms with Gasteiger partial charge in [-0.25, -0.2) is 0 Å². The van der Waals surface area contributed by atoms with E-state index in [4.69, 9.17) is 0 Å². The first-order chi connectivity index (χ1) is 39.1. The van der Waals surface area contributed by atoms with Crippen LogP contribution in [-0.4, -0.2) is 60.4 Å². The molecule has 3 N–H and O–H groups in total. The van der Waals surface area contributed by atoms with Gasteiger partial charge >= 0.3 is 0 Å². The molecule has 3 atom stereocenters. The molecule has 0 heterocycles. The van der Waals surface area contributed by atoms with E-state index in [0.717, 1.165) is 18.2 Å². The van der Waals surface area contributed by atoms with E-state index in [1.165, 1.54) is 266 Å². The lowest BCUT2D eigenvalue weighted by molar-refractivity contribution is -0.129. The van der Waals surface area contributed by atoms with Crippen LogP contribution in [0, 0.1) is 17.8 Å². The number of rotatable bonds is 45. The predicted octanol–water partition coefficient (Wildman–Crippen LogP) is 19.7. The molecule has 0 saturated heterocycles. The molecule has 3 aromatic carbocycles. The smallest absolute Gasteiger partial charge is 0.287 e. The number of unbranched alkanes of at least 4 members (excludes halogenated alkanes) is 27. The second-order valence-electron chi connectivity index (χ2n) is 26.2. The fraction of sp³-hybridized carbons (Fsp3) is 0.739. The van der Waals surface area contributed by atoms with Gasteiger partial charge in [-0.3, -0.25) is 18.6 Å². The summed E-state index contributed by atoms with van der Waals surface area (Å²) in [5.74, 6) is 2.07. The standard InChI is InChI=1S/C51H105N.C18H15O9PS3/c1-13-16-19-22-25-28-31-34-37-40-43-46(4)49(7,8)52(50(9,10)47(5)44-41-38-35-32-29-26-23-20-17-14-2)51(11,12)48(6)45-42-39-36-33-30-27-24-21-18-15-3;19-29(20,21)16-7-1-4-13(10-16)28(14-5-2-8-17(11-14)30(22,23)24)15-6-3-9-18(12-15)31(25,26)27/h46-48H,13-45H2,1-12H3;1-12H,(H,19,20,21)(H,22,23,24)(H,25,26,27). The summed E-state index contributed by atoms with van der Waals surface area (Å²) >= 11 is 0. The summed E-state index contributed by atoms with van der Waals surface area (Å²) in [6.45, 7) is 30.6. The maximum absolute atomic E-state index is 11.6. The van der Waals surface area contributed by atoms with Crippen LogP contribution < -0.4 is 15.9 Å². The Labute approximate surface area is 511 Å². The summed E-state index contributed by atoms with van der Waals surface area (Å²) in [5.41, 5.74) is 0.471. The van der Waals surface area contributed by atoms with Crippen molar-refractivity contribution in [3.63, 3.8) is 0 Å². The van der Waals surface area contributed by atoms with Crippen LogP contribution in [0.3, 0.4) is 0 Å². The molecule has 14 heteroatoms. The van der Waals surface area contributed by atoms with Gasteiger partial charge in [0.25, 0.3) is 30.4 Å². The van der Waals surface area contributed by atoms with Crippen LogP contribution in [0.25, 0.3) is 0 Å². The summed E-state index contributed by atoms with van der Waals surface area (Å²) < 4.78 is 97.7. The minimum Gasteiger partial charge on any atom is -0.287 e. The van der Waals surface area contributed by atoms with Gasteiger partial charge in [0.05, 0.1) is 14.7 Å². The van der Waals surface area contributed by atoms with Crippen LogP contribution >= 0.6 is 7.92 Å². The normalized spacial score (nSPS) is 14.0. The minimum atomic E-state index is -4.55. The van der Waals surface area contributed by atoms with Crippen LogP contribution in [-0.2, 0) is 30.4 Å². The van der Waals surface area contributed by atoms with E-state index in [1.54, 1.807) is 0 Å². The molecule has 0 aromatic heterocycles. The highest BCUT2D eigenvalue weighted by Crippen LogP contribution is 2.47. The molecule has 0 aliphatic heterocycles. The van der Waals surface area contributed by atoms with E-state index in [2.05, 4.69) is 88.0 Å². The third kappa shape index (κ3) is 28.7. The second-order valence-corrected chi connectivity index (χ2v) is 32.6. The fourth-order valence-electron chi connectivity index (χ4n) is 12.6. The van der Waals surface area contributed by atoms with Gasteiger partial charge in [0.2, 0.25) is 0 Å². The van der Waals surface area contributed by atoms with Crippen LogP contribution in [0.2, 0.25) is 0 Å². The average Bonchev–Trinajstić information content (AvgIpc) is 3.17. The Balaban J connectivity index is 0.000000638. The zero-order valence-corrected chi connectivity index (χ0v) is 57.7. The van der Waals surface area contributed by atoms with Gasteiger partial charge in [0.15, 0.2) is 0 Å². The Morgan fingerprint density at radius 2 is 0.542 bits per heavy atom. The topological polar surface area (TPSA) is 166 Å². The zero-order valence-electron chi connectivity index (χ0n) is 54.4. The van der Waals surface area contributed by atoms with E-state index >= 15 is 0 Å². The van der Waals surface area contributed by atoms with E-state index in [0.29, 0.717) is 33.7 Å². The quantitative estimate of drug-likeness (QED) is 0.0282. The van der Waals surface area contributed by atoms with Crippen LogP contribution in [0.1, 0.15) is 295 Å². The van der Waals surface area contributed by atoms with Gasteiger partial charge in [0, 0.05) is 16.6 Å². The molecule has 0 aliphatic rings. The molecule has 0 aliphatic carbocycles. The molecular weight excluding hydrogens is 1110 g/mol. The van der Waals surface area contributed by atoms with Crippen LogP contribution in [0.4, 0.5) is 0 Å². The summed E-state index contributed by atoms with van der Waals surface area (Å²) in [4.78, 5) is 1.88. The first-order valence-corrected chi connectivity index (χ1v) is 38.6. The lowest BCUT2D eigenvalue weighted by atomic mass is 9.69. The van der Waals surface area contributed by atoms with Gasteiger partial charge in [0.1, 0.15) is 0 Å². The zero-order chi connectivity index (χ0) is 62.2. The van der Waals surface area contributed by atoms with Gasteiger partial charge in [-0.1, -0.05) is 271 Å². The highest BCUT2D eigenvalue weighted by atomic mass is 32.2. The molecule has 0 bridgehead atoms. The molecule has 3 unspecified atom stereocenters. The van der Waals surface area contributed by atoms with Crippen molar-refractivity contribution < 1.29 is 38.9 Å². The molecule has 0 spiro atoms. The Kier molecular flexibility index (Phi) is 36.7. The van der Waals surface area contributed by atoms with E-state index < -0.39 is 53.0 Å². The number of hydrogen-bond donors (Lipinski definition) is 3. The Morgan fingerprint density at radius 3 is 0.735 bits per heavy atom. The molecule has 0 amide bonds. The first kappa shape index (κ1) is 76.9. The molecule has 478 valence electrons. The molecule has 10 nitrogen and oxygen atoms in total. The highest BCUT2D eigenvalue weighted by Gasteiger charge is 2.51. The molecule has 3 rings (SSSR count). The van der Waals surface area contributed by atoms with Crippen molar-refractivity contribution in [1.29, 1.82) is 0 Å². The third-order valence-electron chi connectivity index (χ3n) is 18.4. The highest BCUT2D eigenvalue weighted by molar-refractivity contribution is 7.86. The van der Waals surface area contributed by atoms with E-state index in [-0.39, 0.29) is 16.6 Å².